The van der Waals surface area contributed by atoms with Gasteiger partial charge in [0.2, 0.25) is 5.91 Å². The molecule has 0 fully saturated rings. The summed E-state index contributed by atoms with van der Waals surface area (Å²) in [5.41, 5.74) is 4.84. The maximum Gasteiger partial charge on any atom is 0.244 e. The van der Waals surface area contributed by atoms with Gasteiger partial charge in [0.25, 0.3) is 0 Å². The van der Waals surface area contributed by atoms with Crippen LogP contribution >= 0.6 is 11.6 Å². The van der Waals surface area contributed by atoms with E-state index in [1.807, 2.05) is 6.92 Å². The summed E-state index contributed by atoms with van der Waals surface area (Å²) < 4.78 is 0. The van der Waals surface area contributed by atoms with Gasteiger partial charge >= 0.3 is 0 Å². The van der Waals surface area contributed by atoms with E-state index in [1.165, 1.54) is 6.21 Å². The van der Waals surface area contributed by atoms with Gasteiger partial charge in [-0.05, 0) is 36.8 Å². The molecule has 0 radical (unpaired) electrons. The molecule has 1 amide bonds. The van der Waals surface area contributed by atoms with Crippen molar-refractivity contribution >= 4 is 23.7 Å². The Morgan fingerprint density at radius 1 is 1.29 bits per heavy atom. The number of aromatic hydroxyl groups is 1. The lowest BCUT2D eigenvalue weighted by molar-refractivity contribution is -0.120. The Kier molecular flexibility index (Phi) is 4.95. The van der Waals surface area contributed by atoms with Crippen LogP contribution in [0.25, 0.3) is 0 Å². The van der Waals surface area contributed by atoms with Crippen LogP contribution < -0.4 is 5.43 Å². The van der Waals surface area contributed by atoms with Crippen LogP contribution in [0, 0.1) is 6.92 Å². The molecule has 21 heavy (non-hydrogen) atoms. The van der Waals surface area contributed by atoms with Crippen LogP contribution in [0.5, 0.6) is 5.75 Å². The van der Waals surface area contributed by atoms with E-state index in [0.717, 1.165) is 11.1 Å². The fourth-order valence-electron chi connectivity index (χ4n) is 1.78. The Morgan fingerprint density at radius 2 is 2.00 bits per heavy atom. The molecule has 0 bridgehead atoms. The monoisotopic (exact) mass is 302 g/mol. The summed E-state index contributed by atoms with van der Waals surface area (Å²) in [4.78, 5) is 11.7. The highest BCUT2D eigenvalue weighted by molar-refractivity contribution is 6.30. The first-order valence-corrected chi connectivity index (χ1v) is 6.78. The predicted molar refractivity (Wildman–Crippen MR) is 83.7 cm³/mol. The SMILES string of the molecule is Cc1ccc(O)c(/C=N\NC(=O)Cc2ccc(Cl)cc2)c1. The maximum absolute atomic E-state index is 11.7. The fourth-order valence-corrected chi connectivity index (χ4v) is 1.90. The molecule has 2 aromatic carbocycles. The molecular weight excluding hydrogens is 288 g/mol. The average Bonchev–Trinajstić information content (AvgIpc) is 2.45. The number of hydrazone groups is 1. The molecule has 0 saturated heterocycles. The quantitative estimate of drug-likeness (QED) is 0.673. The van der Waals surface area contributed by atoms with Crippen molar-refractivity contribution < 1.29 is 9.90 Å². The normalized spacial score (nSPS) is 10.8. The van der Waals surface area contributed by atoms with Crippen LogP contribution in [0.3, 0.4) is 0 Å². The van der Waals surface area contributed by atoms with Gasteiger partial charge in [-0.1, -0.05) is 35.4 Å². The minimum Gasteiger partial charge on any atom is -0.507 e. The van der Waals surface area contributed by atoms with Gasteiger partial charge in [-0.2, -0.15) is 5.10 Å². The molecule has 2 N–H and O–H groups in total. The highest BCUT2D eigenvalue weighted by Crippen LogP contribution is 2.15. The first kappa shape index (κ1) is 15.1. The Morgan fingerprint density at radius 3 is 2.71 bits per heavy atom. The van der Waals surface area contributed by atoms with Gasteiger partial charge in [0.05, 0.1) is 12.6 Å². The summed E-state index contributed by atoms with van der Waals surface area (Å²) in [6, 6.07) is 12.2. The van der Waals surface area contributed by atoms with E-state index >= 15 is 0 Å². The molecule has 0 unspecified atom stereocenters. The minimum atomic E-state index is -0.235. The van der Waals surface area contributed by atoms with Crippen molar-refractivity contribution in [3.63, 3.8) is 0 Å². The summed E-state index contributed by atoms with van der Waals surface area (Å²) in [5, 5.41) is 14.1. The second kappa shape index (κ2) is 6.90. The molecule has 0 atom stereocenters. The lowest BCUT2D eigenvalue weighted by Gasteiger charge is -2.02. The number of hydrogen-bond acceptors (Lipinski definition) is 3. The number of nitrogens with one attached hydrogen (secondary N) is 1. The second-order valence-electron chi connectivity index (χ2n) is 4.66. The number of nitrogens with zero attached hydrogens (tertiary/aromatic N) is 1. The Balaban J connectivity index is 1.93. The zero-order valence-electron chi connectivity index (χ0n) is 11.5. The largest absolute Gasteiger partial charge is 0.507 e. The Labute approximate surface area is 128 Å². The molecule has 0 aromatic heterocycles. The Hall–Kier alpha value is -2.33. The molecule has 0 heterocycles. The molecule has 5 heteroatoms. The van der Waals surface area contributed by atoms with Crippen molar-refractivity contribution in [1.29, 1.82) is 0 Å². The topological polar surface area (TPSA) is 61.7 Å². The van der Waals surface area contributed by atoms with Crippen LogP contribution in [0.4, 0.5) is 0 Å². The second-order valence-corrected chi connectivity index (χ2v) is 5.10. The van der Waals surface area contributed by atoms with Crippen LogP contribution in [-0.2, 0) is 11.2 Å². The van der Waals surface area contributed by atoms with Crippen molar-refractivity contribution in [3.8, 4) is 5.75 Å². The highest BCUT2D eigenvalue weighted by Gasteiger charge is 2.02. The van der Waals surface area contributed by atoms with E-state index in [9.17, 15) is 9.90 Å². The number of phenols is 1. The summed E-state index contributed by atoms with van der Waals surface area (Å²) in [6.45, 7) is 1.91. The third-order valence-corrected chi connectivity index (χ3v) is 3.11. The predicted octanol–water partition coefficient (Wildman–Crippen LogP) is 3.05. The molecular formula is C16H15ClN2O2. The molecule has 0 saturated carbocycles. The van der Waals surface area contributed by atoms with E-state index in [2.05, 4.69) is 10.5 Å². The van der Waals surface area contributed by atoms with Gasteiger partial charge in [0.15, 0.2) is 0 Å². The summed E-state index contributed by atoms with van der Waals surface area (Å²) in [7, 11) is 0. The van der Waals surface area contributed by atoms with Crippen LogP contribution in [0.1, 0.15) is 16.7 Å². The molecule has 0 aliphatic carbocycles. The third kappa shape index (κ3) is 4.61. The van der Waals surface area contributed by atoms with Crippen molar-refractivity contribution in [1.82, 2.24) is 5.43 Å². The lowest BCUT2D eigenvalue weighted by Crippen LogP contribution is -2.19. The van der Waals surface area contributed by atoms with Gasteiger partial charge in [-0.3, -0.25) is 4.79 Å². The number of carbonyl (C=O) groups is 1. The molecule has 108 valence electrons. The van der Waals surface area contributed by atoms with Crippen molar-refractivity contribution in [2.45, 2.75) is 13.3 Å². The number of amides is 1. The maximum atomic E-state index is 11.7. The van der Waals surface area contributed by atoms with Crippen molar-refractivity contribution in [2.24, 2.45) is 5.10 Å². The van der Waals surface area contributed by atoms with E-state index in [-0.39, 0.29) is 18.1 Å². The number of benzene rings is 2. The van der Waals surface area contributed by atoms with E-state index in [0.29, 0.717) is 10.6 Å². The number of carbonyl (C=O) groups excluding carboxylic acids is 1. The van der Waals surface area contributed by atoms with Gasteiger partial charge in [-0.25, -0.2) is 5.43 Å². The van der Waals surface area contributed by atoms with Gasteiger partial charge in [0, 0.05) is 10.6 Å². The summed E-state index contributed by atoms with van der Waals surface area (Å²) in [5.74, 6) is -0.114. The average molecular weight is 303 g/mol. The molecule has 0 spiro atoms. The smallest absolute Gasteiger partial charge is 0.244 e. The first-order valence-electron chi connectivity index (χ1n) is 6.40. The van der Waals surface area contributed by atoms with Crippen molar-refractivity contribution in [2.75, 3.05) is 0 Å². The van der Waals surface area contributed by atoms with E-state index < -0.39 is 0 Å². The number of hydrogen-bond donors (Lipinski definition) is 2. The molecule has 2 aromatic rings. The molecule has 4 nitrogen and oxygen atoms in total. The number of phenolic OH excluding ortho intramolecular Hbond substituents is 1. The van der Waals surface area contributed by atoms with Gasteiger partial charge < -0.3 is 5.11 Å². The highest BCUT2D eigenvalue weighted by atomic mass is 35.5. The number of rotatable bonds is 4. The molecule has 0 aliphatic heterocycles. The van der Waals surface area contributed by atoms with E-state index in [1.54, 1.807) is 42.5 Å². The van der Waals surface area contributed by atoms with Gasteiger partial charge in [0.1, 0.15) is 5.75 Å². The van der Waals surface area contributed by atoms with Crippen LogP contribution in [0.2, 0.25) is 5.02 Å². The molecule has 2 rings (SSSR count). The zero-order chi connectivity index (χ0) is 15.2. The summed E-state index contributed by atoms with van der Waals surface area (Å²) in [6.07, 6.45) is 1.64. The van der Waals surface area contributed by atoms with Crippen molar-refractivity contribution in [3.05, 3.63) is 64.2 Å². The number of halogens is 1. The minimum absolute atomic E-state index is 0.122. The van der Waals surface area contributed by atoms with E-state index in [4.69, 9.17) is 11.6 Å². The zero-order valence-corrected chi connectivity index (χ0v) is 12.3. The standard InChI is InChI=1S/C16H15ClN2O2/c1-11-2-7-15(20)13(8-11)10-18-19-16(21)9-12-3-5-14(17)6-4-12/h2-8,10,20H,9H2,1H3,(H,19,21)/b18-10-. The lowest BCUT2D eigenvalue weighted by atomic mass is 10.1. The molecule has 0 aliphatic rings. The third-order valence-electron chi connectivity index (χ3n) is 2.85. The van der Waals surface area contributed by atoms with Crippen LogP contribution in [-0.4, -0.2) is 17.2 Å². The fraction of sp³-hybridized carbons (Fsp3) is 0.125. The van der Waals surface area contributed by atoms with Gasteiger partial charge in [-0.15, -0.1) is 0 Å². The Bertz CT molecular complexity index is 666. The summed E-state index contributed by atoms with van der Waals surface area (Å²) >= 11 is 5.78. The number of aryl methyl sites for hydroxylation is 1. The first-order chi connectivity index (χ1) is 10.0. The van der Waals surface area contributed by atoms with Crippen LogP contribution in [0.15, 0.2) is 47.6 Å².